The third kappa shape index (κ3) is 2.02. The van der Waals surface area contributed by atoms with E-state index in [9.17, 15) is 5.11 Å². The Labute approximate surface area is 112 Å². The van der Waals surface area contributed by atoms with Crippen LogP contribution in [0.5, 0.6) is 5.75 Å². The number of benzene rings is 1. The number of aliphatic hydroxyl groups excluding tert-OH is 1. The van der Waals surface area contributed by atoms with E-state index in [0.717, 1.165) is 30.0 Å². The quantitative estimate of drug-likeness (QED) is 0.900. The molecule has 2 unspecified atom stereocenters. The van der Waals surface area contributed by atoms with Gasteiger partial charge in [0.15, 0.2) is 0 Å². The number of rotatable bonds is 2. The maximum absolute atomic E-state index is 10.6. The molecule has 1 N–H and O–H groups in total. The van der Waals surface area contributed by atoms with Crippen LogP contribution in [-0.2, 0) is 6.42 Å². The van der Waals surface area contributed by atoms with Gasteiger partial charge in [0.25, 0.3) is 0 Å². The van der Waals surface area contributed by atoms with Crippen molar-refractivity contribution in [1.82, 2.24) is 9.55 Å². The Bertz CT molecular complexity index is 592. The normalized spacial score (nSPS) is 22.1. The van der Waals surface area contributed by atoms with Crippen LogP contribution in [0.2, 0.25) is 0 Å². The first-order chi connectivity index (χ1) is 9.20. The number of imidazole rings is 1. The summed E-state index contributed by atoms with van der Waals surface area (Å²) in [7, 11) is 1.65. The highest BCUT2D eigenvalue weighted by molar-refractivity contribution is 5.39. The van der Waals surface area contributed by atoms with Crippen LogP contribution in [0.1, 0.15) is 35.5 Å². The van der Waals surface area contributed by atoms with Gasteiger partial charge in [-0.25, -0.2) is 4.98 Å². The zero-order valence-electron chi connectivity index (χ0n) is 11.2. The fourth-order valence-corrected chi connectivity index (χ4v) is 2.90. The summed E-state index contributed by atoms with van der Waals surface area (Å²) in [5, 5.41) is 10.6. The van der Waals surface area contributed by atoms with Gasteiger partial charge in [-0.1, -0.05) is 6.07 Å². The summed E-state index contributed by atoms with van der Waals surface area (Å²) in [6.45, 7) is 1.97. The summed E-state index contributed by atoms with van der Waals surface area (Å²) in [4.78, 5) is 4.24. The van der Waals surface area contributed by atoms with Gasteiger partial charge in [-0.2, -0.15) is 0 Å². The number of aliphatic hydroxyl groups is 1. The average molecular weight is 258 g/mol. The summed E-state index contributed by atoms with van der Waals surface area (Å²) in [6.07, 6.45) is 5.11. The number of nitrogens with zero attached hydrogens (tertiary/aromatic N) is 2. The Morgan fingerprint density at radius 3 is 2.95 bits per heavy atom. The van der Waals surface area contributed by atoms with Crippen molar-refractivity contribution in [3.05, 3.63) is 47.5 Å². The Morgan fingerprint density at radius 1 is 1.42 bits per heavy atom. The molecule has 0 aliphatic heterocycles. The van der Waals surface area contributed by atoms with Crippen molar-refractivity contribution in [1.29, 1.82) is 0 Å². The SMILES string of the molecule is COc1ccc2c(c1)C(O)C(n1ccnc1C)CC2. The highest BCUT2D eigenvalue weighted by atomic mass is 16.5. The van der Waals surface area contributed by atoms with Crippen LogP contribution in [0.4, 0.5) is 0 Å². The van der Waals surface area contributed by atoms with Crippen molar-refractivity contribution in [3.8, 4) is 5.75 Å². The van der Waals surface area contributed by atoms with Crippen molar-refractivity contribution < 1.29 is 9.84 Å². The minimum absolute atomic E-state index is 0.0575. The first kappa shape index (κ1) is 12.2. The summed E-state index contributed by atoms with van der Waals surface area (Å²) in [6, 6.07) is 6.00. The molecule has 2 aromatic rings. The maximum Gasteiger partial charge on any atom is 0.119 e. The van der Waals surface area contributed by atoms with Crippen LogP contribution in [0.25, 0.3) is 0 Å². The van der Waals surface area contributed by atoms with Crippen LogP contribution in [-0.4, -0.2) is 21.8 Å². The molecule has 0 spiro atoms. The fraction of sp³-hybridized carbons (Fsp3) is 0.400. The van der Waals surface area contributed by atoms with Crippen molar-refractivity contribution in [2.24, 2.45) is 0 Å². The molecule has 100 valence electrons. The molecule has 1 aliphatic rings. The molecular weight excluding hydrogens is 240 g/mol. The molecule has 3 rings (SSSR count). The van der Waals surface area contributed by atoms with Crippen molar-refractivity contribution in [2.45, 2.75) is 31.9 Å². The summed E-state index contributed by atoms with van der Waals surface area (Å²) >= 11 is 0. The predicted molar refractivity (Wildman–Crippen MR) is 72.3 cm³/mol. The lowest BCUT2D eigenvalue weighted by Gasteiger charge is -2.32. The van der Waals surface area contributed by atoms with Crippen LogP contribution in [0.15, 0.2) is 30.6 Å². The number of fused-ring (bicyclic) bond motifs is 1. The summed E-state index contributed by atoms with van der Waals surface area (Å²) < 4.78 is 7.31. The highest BCUT2D eigenvalue weighted by Crippen LogP contribution is 2.39. The highest BCUT2D eigenvalue weighted by Gasteiger charge is 2.30. The molecule has 0 fully saturated rings. The second kappa shape index (κ2) is 4.70. The van der Waals surface area contributed by atoms with Gasteiger partial charge in [0.05, 0.1) is 13.2 Å². The summed E-state index contributed by atoms with van der Waals surface area (Å²) in [5.41, 5.74) is 2.19. The zero-order valence-corrected chi connectivity index (χ0v) is 11.2. The number of aryl methyl sites for hydroxylation is 2. The maximum atomic E-state index is 10.6. The van der Waals surface area contributed by atoms with Gasteiger partial charge < -0.3 is 14.4 Å². The van der Waals surface area contributed by atoms with Crippen LogP contribution in [0, 0.1) is 6.92 Å². The first-order valence-electron chi connectivity index (χ1n) is 6.55. The molecule has 0 amide bonds. The zero-order chi connectivity index (χ0) is 13.4. The van der Waals surface area contributed by atoms with Crippen molar-refractivity contribution in [2.75, 3.05) is 7.11 Å². The summed E-state index contributed by atoms with van der Waals surface area (Å²) in [5.74, 6) is 1.73. The van der Waals surface area contributed by atoms with Gasteiger partial charge >= 0.3 is 0 Å². The fourth-order valence-electron chi connectivity index (χ4n) is 2.90. The van der Waals surface area contributed by atoms with Gasteiger partial charge in [0, 0.05) is 12.4 Å². The van der Waals surface area contributed by atoms with Crippen LogP contribution < -0.4 is 4.74 Å². The molecule has 1 heterocycles. The van der Waals surface area contributed by atoms with Crippen LogP contribution in [0.3, 0.4) is 0 Å². The van der Waals surface area contributed by atoms with Crippen LogP contribution >= 0.6 is 0 Å². The molecule has 1 aliphatic carbocycles. The number of hydrogen-bond acceptors (Lipinski definition) is 3. The largest absolute Gasteiger partial charge is 0.497 e. The molecule has 2 atom stereocenters. The second-order valence-corrected chi connectivity index (χ2v) is 5.00. The van der Waals surface area contributed by atoms with Gasteiger partial charge in [-0.3, -0.25) is 0 Å². The van der Waals surface area contributed by atoms with E-state index < -0.39 is 6.10 Å². The molecule has 0 radical (unpaired) electrons. The smallest absolute Gasteiger partial charge is 0.119 e. The first-order valence-corrected chi connectivity index (χ1v) is 6.55. The molecule has 1 aromatic heterocycles. The Kier molecular flexibility index (Phi) is 3.03. The molecule has 19 heavy (non-hydrogen) atoms. The third-order valence-electron chi connectivity index (χ3n) is 3.97. The minimum Gasteiger partial charge on any atom is -0.497 e. The predicted octanol–water partition coefficient (Wildman–Crippen LogP) is 2.42. The van der Waals surface area contributed by atoms with Crippen molar-refractivity contribution >= 4 is 0 Å². The monoisotopic (exact) mass is 258 g/mol. The van der Waals surface area contributed by atoms with E-state index in [2.05, 4.69) is 9.55 Å². The molecule has 4 heteroatoms. The van der Waals surface area contributed by atoms with E-state index in [0.29, 0.717) is 0 Å². The second-order valence-electron chi connectivity index (χ2n) is 5.00. The van der Waals surface area contributed by atoms with E-state index in [1.54, 1.807) is 13.3 Å². The topological polar surface area (TPSA) is 47.3 Å². The van der Waals surface area contributed by atoms with Crippen molar-refractivity contribution in [3.63, 3.8) is 0 Å². The van der Waals surface area contributed by atoms with Gasteiger partial charge in [0.2, 0.25) is 0 Å². The Balaban J connectivity index is 1.99. The molecular formula is C15H18N2O2. The average Bonchev–Trinajstić information content (AvgIpc) is 2.85. The number of ether oxygens (including phenoxy) is 1. The minimum atomic E-state index is -0.508. The molecule has 0 saturated carbocycles. The lowest BCUT2D eigenvalue weighted by atomic mass is 9.85. The molecule has 0 bridgehead atoms. The van der Waals surface area contributed by atoms with E-state index in [1.807, 2.05) is 31.3 Å². The molecule has 0 saturated heterocycles. The van der Waals surface area contributed by atoms with E-state index in [4.69, 9.17) is 4.74 Å². The lowest BCUT2D eigenvalue weighted by molar-refractivity contribution is 0.0974. The van der Waals surface area contributed by atoms with E-state index >= 15 is 0 Å². The van der Waals surface area contributed by atoms with Gasteiger partial charge in [-0.05, 0) is 43.0 Å². The van der Waals surface area contributed by atoms with Gasteiger partial charge in [0.1, 0.15) is 17.7 Å². The lowest BCUT2D eigenvalue weighted by Crippen LogP contribution is -2.24. The third-order valence-corrected chi connectivity index (χ3v) is 3.97. The van der Waals surface area contributed by atoms with E-state index in [-0.39, 0.29) is 6.04 Å². The number of hydrogen-bond donors (Lipinski definition) is 1. The Morgan fingerprint density at radius 2 is 2.26 bits per heavy atom. The standard InChI is InChI=1S/C15H18N2O2/c1-10-16-7-8-17(10)14-6-4-11-3-5-12(19-2)9-13(11)15(14)18/h3,5,7-9,14-15,18H,4,6H2,1-2H3. The van der Waals surface area contributed by atoms with E-state index in [1.165, 1.54) is 5.56 Å². The molecule has 4 nitrogen and oxygen atoms in total. The molecule has 1 aromatic carbocycles. The van der Waals surface area contributed by atoms with Gasteiger partial charge in [-0.15, -0.1) is 0 Å². The number of aromatic nitrogens is 2. The number of methoxy groups -OCH3 is 1. The Hall–Kier alpha value is -1.81.